The monoisotopic (exact) mass is 420 g/mol. The van der Waals surface area contributed by atoms with Crippen molar-refractivity contribution >= 4 is 28.3 Å². The Kier molecular flexibility index (Phi) is 5.70. The van der Waals surface area contributed by atoms with Gasteiger partial charge in [0.05, 0.1) is 5.39 Å². The summed E-state index contributed by atoms with van der Waals surface area (Å²) < 4.78 is 6.55. The highest BCUT2D eigenvalue weighted by Crippen LogP contribution is 2.18. The summed E-state index contributed by atoms with van der Waals surface area (Å²) in [6.45, 7) is 4.09. The van der Waals surface area contributed by atoms with Crippen LogP contribution in [-0.2, 0) is 16.6 Å². The summed E-state index contributed by atoms with van der Waals surface area (Å²) in [6.07, 6.45) is -0.950. The molecule has 1 fully saturated rings. The Morgan fingerprint density at radius 1 is 0.935 bits per heavy atom. The van der Waals surface area contributed by atoms with Crippen molar-refractivity contribution in [1.29, 1.82) is 0 Å². The fourth-order valence-corrected chi connectivity index (χ4v) is 3.80. The zero-order valence-corrected chi connectivity index (χ0v) is 17.5. The predicted molar refractivity (Wildman–Crippen MR) is 117 cm³/mol. The third kappa shape index (κ3) is 4.14. The fraction of sp³-hybridized carbons (Fsp3) is 0.304. The normalized spacial score (nSPS) is 15.0. The number of piperazine rings is 1. The van der Waals surface area contributed by atoms with Crippen LogP contribution in [0.25, 0.3) is 10.8 Å². The van der Waals surface area contributed by atoms with Crippen LogP contribution in [0.1, 0.15) is 17.4 Å². The van der Waals surface area contributed by atoms with Gasteiger partial charge in [-0.15, -0.1) is 0 Å². The first-order valence-electron chi connectivity index (χ1n) is 10.2. The second kappa shape index (κ2) is 8.59. The van der Waals surface area contributed by atoms with E-state index in [2.05, 4.69) is 10.00 Å². The summed E-state index contributed by atoms with van der Waals surface area (Å²) in [7, 11) is 1.48. The molecule has 1 unspecified atom stereocenters. The molecule has 2 aromatic carbocycles. The number of nitrogens with zero attached hydrogens (tertiary/aromatic N) is 4. The molecule has 0 N–H and O–H groups in total. The topological polar surface area (TPSA) is 84.7 Å². The van der Waals surface area contributed by atoms with Crippen molar-refractivity contribution in [2.24, 2.45) is 7.05 Å². The molecule has 160 valence electrons. The summed E-state index contributed by atoms with van der Waals surface area (Å²) in [4.78, 5) is 41.8. The van der Waals surface area contributed by atoms with Crippen LogP contribution in [0.3, 0.4) is 0 Å². The van der Waals surface area contributed by atoms with E-state index in [-0.39, 0.29) is 17.2 Å². The highest BCUT2D eigenvalue weighted by Gasteiger charge is 2.28. The van der Waals surface area contributed by atoms with Crippen LogP contribution < -0.4 is 10.5 Å². The lowest BCUT2D eigenvalue weighted by Gasteiger charge is -2.37. The van der Waals surface area contributed by atoms with Crippen molar-refractivity contribution < 1.29 is 14.3 Å². The number of amides is 1. The number of carbonyl (C=O) groups excluding carboxylic acids is 2. The van der Waals surface area contributed by atoms with Crippen molar-refractivity contribution in [3.05, 3.63) is 70.6 Å². The number of aromatic nitrogens is 2. The Labute approximate surface area is 179 Å². The van der Waals surface area contributed by atoms with E-state index < -0.39 is 12.1 Å². The van der Waals surface area contributed by atoms with Gasteiger partial charge in [0.2, 0.25) is 0 Å². The van der Waals surface area contributed by atoms with Crippen LogP contribution in [-0.4, -0.2) is 58.8 Å². The molecule has 1 aliphatic rings. The molecule has 4 rings (SSSR count). The van der Waals surface area contributed by atoms with Crippen LogP contribution in [0.4, 0.5) is 5.69 Å². The first-order valence-corrected chi connectivity index (χ1v) is 10.2. The highest BCUT2D eigenvalue weighted by atomic mass is 16.5. The van der Waals surface area contributed by atoms with Gasteiger partial charge < -0.3 is 14.5 Å². The van der Waals surface area contributed by atoms with E-state index in [1.54, 1.807) is 36.1 Å². The lowest BCUT2D eigenvalue weighted by molar-refractivity contribution is -0.140. The van der Waals surface area contributed by atoms with Gasteiger partial charge in [0, 0.05) is 44.3 Å². The zero-order chi connectivity index (χ0) is 22.0. The smallest absolute Gasteiger partial charge is 0.360 e. The van der Waals surface area contributed by atoms with E-state index in [1.165, 1.54) is 7.05 Å². The van der Waals surface area contributed by atoms with Crippen molar-refractivity contribution in [3.63, 3.8) is 0 Å². The third-order valence-electron chi connectivity index (χ3n) is 5.49. The molecule has 8 nitrogen and oxygen atoms in total. The molecule has 0 aliphatic carbocycles. The van der Waals surface area contributed by atoms with Crippen LogP contribution in [0.2, 0.25) is 0 Å². The van der Waals surface area contributed by atoms with Gasteiger partial charge in [-0.1, -0.05) is 36.4 Å². The summed E-state index contributed by atoms with van der Waals surface area (Å²) >= 11 is 0. The fourth-order valence-electron chi connectivity index (χ4n) is 3.80. The number of hydrogen-bond donors (Lipinski definition) is 0. The second-order valence-electron chi connectivity index (χ2n) is 7.52. The maximum Gasteiger partial charge on any atom is 0.360 e. The maximum absolute atomic E-state index is 12.8. The Hall–Kier alpha value is -3.68. The summed E-state index contributed by atoms with van der Waals surface area (Å²) in [5.74, 6) is -0.967. The van der Waals surface area contributed by atoms with E-state index in [0.717, 1.165) is 10.4 Å². The van der Waals surface area contributed by atoms with E-state index in [0.29, 0.717) is 37.0 Å². The number of aryl methyl sites for hydroxylation is 1. The average molecular weight is 420 g/mol. The van der Waals surface area contributed by atoms with Gasteiger partial charge in [-0.3, -0.25) is 9.59 Å². The first-order chi connectivity index (χ1) is 15.0. The van der Waals surface area contributed by atoms with Crippen molar-refractivity contribution in [2.75, 3.05) is 31.1 Å². The SMILES string of the molecule is CC(OC(=O)c1nn(C)c(=O)c2ccccc12)C(=O)N1CCN(c2ccccc2)CC1. The van der Waals surface area contributed by atoms with Gasteiger partial charge in [0.25, 0.3) is 11.5 Å². The molecular formula is C23H24N4O4. The number of para-hydroxylation sites is 1. The van der Waals surface area contributed by atoms with Gasteiger partial charge in [-0.25, -0.2) is 9.48 Å². The first kappa shape index (κ1) is 20.6. The van der Waals surface area contributed by atoms with Crippen LogP contribution in [0.5, 0.6) is 0 Å². The average Bonchev–Trinajstić information content (AvgIpc) is 2.81. The molecule has 0 saturated carbocycles. The molecule has 1 saturated heterocycles. The second-order valence-corrected chi connectivity index (χ2v) is 7.52. The van der Waals surface area contributed by atoms with Gasteiger partial charge >= 0.3 is 5.97 Å². The number of anilines is 1. The molecular weight excluding hydrogens is 396 g/mol. The molecule has 3 aromatic rings. The number of rotatable bonds is 4. The molecule has 1 aliphatic heterocycles. The molecule has 0 spiro atoms. The Bertz CT molecular complexity index is 1170. The largest absolute Gasteiger partial charge is 0.448 e. The summed E-state index contributed by atoms with van der Waals surface area (Å²) in [5, 5.41) is 4.85. The minimum Gasteiger partial charge on any atom is -0.448 e. The zero-order valence-electron chi connectivity index (χ0n) is 17.5. The number of esters is 1. The number of benzene rings is 2. The molecule has 31 heavy (non-hydrogen) atoms. The van der Waals surface area contributed by atoms with Gasteiger partial charge in [-0.2, -0.15) is 5.10 Å². The standard InChI is InChI=1S/C23H24N4O4/c1-16(21(28)27-14-12-26(13-15-27)17-8-4-3-5-9-17)31-23(30)20-18-10-6-7-11-19(18)22(29)25(2)24-20/h3-11,16H,12-15H2,1-2H3. The van der Waals surface area contributed by atoms with E-state index >= 15 is 0 Å². The molecule has 1 aromatic heterocycles. The molecule has 0 bridgehead atoms. The van der Waals surface area contributed by atoms with E-state index in [1.807, 2.05) is 30.3 Å². The molecule has 1 amide bonds. The molecule has 0 radical (unpaired) electrons. The Morgan fingerprint density at radius 3 is 2.23 bits per heavy atom. The van der Waals surface area contributed by atoms with Crippen LogP contribution >= 0.6 is 0 Å². The van der Waals surface area contributed by atoms with E-state index in [4.69, 9.17) is 4.74 Å². The molecule has 1 atom stereocenters. The minimum atomic E-state index is -0.950. The summed E-state index contributed by atoms with van der Waals surface area (Å²) in [6, 6.07) is 16.8. The van der Waals surface area contributed by atoms with Crippen molar-refractivity contribution in [3.8, 4) is 0 Å². The van der Waals surface area contributed by atoms with Gasteiger partial charge in [0.15, 0.2) is 11.8 Å². The number of ether oxygens (including phenoxy) is 1. The molecule has 8 heteroatoms. The lowest BCUT2D eigenvalue weighted by Crippen LogP contribution is -2.51. The van der Waals surface area contributed by atoms with Crippen molar-refractivity contribution in [2.45, 2.75) is 13.0 Å². The Balaban J connectivity index is 1.43. The highest BCUT2D eigenvalue weighted by molar-refractivity contribution is 6.02. The van der Waals surface area contributed by atoms with Gasteiger partial charge in [-0.05, 0) is 25.1 Å². The minimum absolute atomic E-state index is 0.0197. The predicted octanol–water partition coefficient (Wildman–Crippen LogP) is 1.83. The third-order valence-corrected chi connectivity index (χ3v) is 5.49. The number of fused-ring (bicyclic) bond motifs is 1. The van der Waals surface area contributed by atoms with Gasteiger partial charge in [0.1, 0.15) is 0 Å². The maximum atomic E-state index is 12.8. The van der Waals surface area contributed by atoms with Crippen LogP contribution in [0.15, 0.2) is 59.4 Å². The molecule has 2 heterocycles. The summed E-state index contributed by atoms with van der Waals surface area (Å²) in [5.41, 5.74) is 0.848. The van der Waals surface area contributed by atoms with Crippen LogP contribution in [0, 0.1) is 0 Å². The Morgan fingerprint density at radius 2 is 1.55 bits per heavy atom. The van der Waals surface area contributed by atoms with Crippen molar-refractivity contribution in [1.82, 2.24) is 14.7 Å². The number of carbonyl (C=O) groups is 2. The quantitative estimate of drug-likeness (QED) is 0.599. The lowest BCUT2D eigenvalue weighted by atomic mass is 10.1. The number of hydrogen-bond acceptors (Lipinski definition) is 6. The van der Waals surface area contributed by atoms with E-state index in [9.17, 15) is 14.4 Å².